The molecule has 1 heterocycles. The maximum atomic E-state index is 10.1. The zero-order valence-electron chi connectivity index (χ0n) is 19.0. The van der Waals surface area contributed by atoms with Crippen LogP contribution in [-0.2, 0) is 22.7 Å². The van der Waals surface area contributed by atoms with Gasteiger partial charge in [0.25, 0.3) is 0 Å². The van der Waals surface area contributed by atoms with Crippen molar-refractivity contribution in [3.05, 3.63) is 47.5 Å². The number of hydrogen-bond donors (Lipinski definition) is 3. The molecule has 1 saturated heterocycles. The third kappa shape index (κ3) is 7.85. The minimum Gasteiger partial charge on any atom is -0.502 e. The molecule has 3 rings (SSSR count). The van der Waals surface area contributed by atoms with Gasteiger partial charge in [-0.2, -0.15) is 0 Å². The fourth-order valence-electron chi connectivity index (χ4n) is 3.43. The van der Waals surface area contributed by atoms with E-state index in [-0.39, 0.29) is 5.75 Å². The van der Waals surface area contributed by atoms with Gasteiger partial charge in [0, 0.05) is 39.3 Å². The van der Waals surface area contributed by atoms with E-state index in [4.69, 9.17) is 34.0 Å². The van der Waals surface area contributed by atoms with Gasteiger partial charge in [0.2, 0.25) is 5.75 Å². The Balaban J connectivity index is 0.000000569. The molecule has 2 aromatic carbocycles. The lowest BCUT2D eigenvalue weighted by Crippen LogP contribution is -2.45. The summed E-state index contributed by atoms with van der Waals surface area (Å²) >= 11 is 0. The number of piperazine rings is 1. The number of aromatic hydroxyl groups is 1. The fourth-order valence-corrected chi connectivity index (χ4v) is 3.43. The van der Waals surface area contributed by atoms with Crippen LogP contribution in [0, 0.1) is 0 Å². The van der Waals surface area contributed by atoms with Crippen molar-refractivity contribution in [2.45, 2.75) is 13.1 Å². The van der Waals surface area contributed by atoms with Crippen molar-refractivity contribution in [1.29, 1.82) is 0 Å². The molecule has 0 amide bonds. The van der Waals surface area contributed by atoms with E-state index in [0.717, 1.165) is 50.6 Å². The quantitative estimate of drug-likeness (QED) is 0.525. The summed E-state index contributed by atoms with van der Waals surface area (Å²) in [5.41, 5.74) is 2.35. The highest BCUT2D eigenvalue weighted by atomic mass is 16.5. The first-order valence-corrected chi connectivity index (χ1v) is 10.2. The third-order valence-corrected chi connectivity index (χ3v) is 5.13. The SMILES string of the molecule is COc1cccc(CN2CCN(Cc3cc(OC)c(O)c(OC)c3)CC2)c1.O=C(O)C(=O)O. The number of phenolic OH excluding ortho intramolecular Hbond substituents is 1. The van der Waals surface area contributed by atoms with Crippen LogP contribution in [0.1, 0.15) is 11.1 Å². The number of hydrogen-bond acceptors (Lipinski definition) is 8. The van der Waals surface area contributed by atoms with Gasteiger partial charge < -0.3 is 29.5 Å². The average Bonchev–Trinajstić information content (AvgIpc) is 2.81. The molecular weight excluding hydrogens is 432 g/mol. The van der Waals surface area contributed by atoms with Crippen molar-refractivity contribution in [2.24, 2.45) is 0 Å². The van der Waals surface area contributed by atoms with Crippen molar-refractivity contribution >= 4 is 11.9 Å². The van der Waals surface area contributed by atoms with Crippen LogP contribution in [0.4, 0.5) is 0 Å². The molecule has 10 nitrogen and oxygen atoms in total. The summed E-state index contributed by atoms with van der Waals surface area (Å²) in [5, 5.41) is 24.8. The predicted molar refractivity (Wildman–Crippen MR) is 120 cm³/mol. The monoisotopic (exact) mass is 462 g/mol. The van der Waals surface area contributed by atoms with E-state index < -0.39 is 11.9 Å². The number of methoxy groups -OCH3 is 3. The molecule has 1 aliphatic rings. The number of carbonyl (C=O) groups is 2. The normalized spacial score (nSPS) is 14.0. The highest BCUT2D eigenvalue weighted by molar-refractivity contribution is 6.27. The van der Waals surface area contributed by atoms with Crippen LogP contribution in [0.2, 0.25) is 0 Å². The van der Waals surface area contributed by atoms with Gasteiger partial charge in [0.1, 0.15) is 5.75 Å². The van der Waals surface area contributed by atoms with Gasteiger partial charge in [-0.05, 0) is 35.4 Å². The summed E-state index contributed by atoms with van der Waals surface area (Å²) in [6.45, 7) is 5.77. The zero-order chi connectivity index (χ0) is 24.4. The maximum Gasteiger partial charge on any atom is 0.414 e. The second-order valence-corrected chi connectivity index (χ2v) is 7.36. The van der Waals surface area contributed by atoms with Crippen LogP contribution in [0.3, 0.4) is 0 Å². The predicted octanol–water partition coefficient (Wildman–Crippen LogP) is 1.89. The van der Waals surface area contributed by atoms with E-state index >= 15 is 0 Å². The number of benzene rings is 2. The van der Waals surface area contributed by atoms with Gasteiger partial charge in [0.15, 0.2) is 11.5 Å². The first-order chi connectivity index (χ1) is 15.8. The fraction of sp³-hybridized carbons (Fsp3) is 0.391. The molecule has 0 bridgehead atoms. The lowest BCUT2D eigenvalue weighted by molar-refractivity contribution is -0.159. The summed E-state index contributed by atoms with van der Waals surface area (Å²) in [6, 6.07) is 12.0. The van der Waals surface area contributed by atoms with Crippen LogP contribution in [0.5, 0.6) is 23.0 Å². The summed E-state index contributed by atoms with van der Waals surface area (Å²) in [5.74, 6) is -1.81. The van der Waals surface area contributed by atoms with Crippen LogP contribution < -0.4 is 14.2 Å². The number of ether oxygens (including phenoxy) is 3. The van der Waals surface area contributed by atoms with Gasteiger partial charge in [-0.25, -0.2) is 9.59 Å². The van der Waals surface area contributed by atoms with Crippen molar-refractivity contribution in [3.8, 4) is 23.0 Å². The van der Waals surface area contributed by atoms with Crippen molar-refractivity contribution < 1.29 is 39.1 Å². The Morgan fingerprint density at radius 1 is 0.788 bits per heavy atom. The summed E-state index contributed by atoms with van der Waals surface area (Å²) in [6.07, 6.45) is 0. The molecule has 3 N–H and O–H groups in total. The minimum atomic E-state index is -1.82. The van der Waals surface area contributed by atoms with E-state index in [1.54, 1.807) is 21.3 Å². The summed E-state index contributed by atoms with van der Waals surface area (Å²) in [7, 11) is 4.80. The molecule has 0 unspecified atom stereocenters. The van der Waals surface area contributed by atoms with Gasteiger partial charge in [-0.15, -0.1) is 0 Å². The lowest BCUT2D eigenvalue weighted by Gasteiger charge is -2.34. The molecule has 0 saturated carbocycles. The number of carboxylic acids is 2. The van der Waals surface area contributed by atoms with Crippen molar-refractivity contribution in [3.63, 3.8) is 0 Å². The molecule has 33 heavy (non-hydrogen) atoms. The highest BCUT2D eigenvalue weighted by Crippen LogP contribution is 2.37. The molecule has 10 heteroatoms. The minimum absolute atomic E-state index is 0.0480. The molecule has 1 fully saturated rings. The molecule has 0 spiro atoms. The van der Waals surface area contributed by atoms with Crippen LogP contribution in [0.15, 0.2) is 36.4 Å². The Bertz CT molecular complexity index is 905. The molecule has 2 aromatic rings. The number of rotatable bonds is 7. The Morgan fingerprint density at radius 3 is 1.70 bits per heavy atom. The molecule has 180 valence electrons. The second kappa shape index (κ2) is 12.5. The molecule has 0 aliphatic carbocycles. The average molecular weight is 462 g/mol. The summed E-state index contributed by atoms with van der Waals surface area (Å²) in [4.78, 5) is 23.1. The standard InChI is InChI=1S/C21H28N2O4.C2H2O4/c1-25-18-6-4-5-16(11-18)14-22-7-9-23(10-8-22)15-17-12-19(26-2)21(24)20(13-17)27-3;3-1(4)2(5)6/h4-6,11-13,24H,7-10,14-15H2,1-3H3;(H,3,4)(H,5,6). The van der Waals surface area contributed by atoms with E-state index in [9.17, 15) is 5.11 Å². The van der Waals surface area contributed by atoms with E-state index in [1.807, 2.05) is 24.3 Å². The van der Waals surface area contributed by atoms with Crippen LogP contribution in [-0.4, -0.2) is 84.6 Å². The number of carboxylic acid groups (broad SMARTS) is 2. The number of phenols is 1. The molecule has 0 radical (unpaired) electrons. The van der Waals surface area contributed by atoms with Gasteiger partial charge in [0.05, 0.1) is 21.3 Å². The Morgan fingerprint density at radius 2 is 1.27 bits per heavy atom. The van der Waals surface area contributed by atoms with E-state index in [0.29, 0.717) is 11.5 Å². The van der Waals surface area contributed by atoms with Gasteiger partial charge >= 0.3 is 11.9 Å². The Hall–Kier alpha value is -3.50. The second-order valence-electron chi connectivity index (χ2n) is 7.36. The third-order valence-electron chi connectivity index (χ3n) is 5.13. The van der Waals surface area contributed by atoms with Crippen LogP contribution in [0.25, 0.3) is 0 Å². The zero-order valence-corrected chi connectivity index (χ0v) is 19.0. The first-order valence-electron chi connectivity index (χ1n) is 10.2. The lowest BCUT2D eigenvalue weighted by atomic mass is 10.1. The Kier molecular flexibility index (Phi) is 9.77. The van der Waals surface area contributed by atoms with Gasteiger partial charge in [-0.1, -0.05) is 12.1 Å². The molecule has 0 atom stereocenters. The highest BCUT2D eigenvalue weighted by Gasteiger charge is 2.19. The number of nitrogens with zero attached hydrogens (tertiary/aromatic N) is 2. The van der Waals surface area contributed by atoms with E-state index in [2.05, 4.69) is 21.9 Å². The van der Waals surface area contributed by atoms with Crippen molar-refractivity contribution in [2.75, 3.05) is 47.5 Å². The molecular formula is C23H30N2O8. The topological polar surface area (TPSA) is 129 Å². The largest absolute Gasteiger partial charge is 0.502 e. The Labute approximate surface area is 192 Å². The maximum absolute atomic E-state index is 10.1. The molecule has 1 aliphatic heterocycles. The smallest absolute Gasteiger partial charge is 0.414 e. The summed E-state index contributed by atoms with van der Waals surface area (Å²) < 4.78 is 15.8. The van der Waals surface area contributed by atoms with Gasteiger partial charge in [-0.3, -0.25) is 9.80 Å². The molecule has 0 aromatic heterocycles. The number of aliphatic carboxylic acids is 2. The van der Waals surface area contributed by atoms with Crippen LogP contribution >= 0.6 is 0 Å². The first kappa shape index (κ1) is 25.8. The van der Waals surface area contributed by atoms with E-state index in [1.165, 1.54) is 5.56 Å². The van der Waals surface area contributed by atoms with Crippen molar-refractivity contribution in [1.82, 2.24) is 9.80 Å².